The van der Waals surface area contributed by atoms with Crippen molar-refractivity contribution in [2.45, 2.75) is 38.5 Å². The highest BCUT2D eigenvalue weighted by Gasteiger charge is 2.29. The van der Waals surface area contributed by atoms with Crippen molar-refractivity contribution in [1.29, 1.82) is 0 Å². The molecule has 1 heterocycles. The van der Waals surface area contributed by atoms with Crippen molar-refractivity contribution in [3.8, 4) is 0 Å². The number of pyridine rings is 1. The Morgan fingerprint density at radius 3 is 2.67 bits per heavy atom. The summed E-state index contributed by atoms with van der Waals surface area (Å²) in [5.41, 5.74) is 0.947. The van der Waals surface area contributed by atoms with E-state index in [1.165, 1.54) is 6.07 Å². The van der Waals surface area contributed by atoms with E-state index in [4.69, 9.17) is 11.6 Å². The minimum Gasteiger partial charge on any atom is -0.598 e. The molecule has 21 heavy (non-hydrogen) atoms. The normalized spacial score (nSPS) is 15.2. The molecule has 0 saturated heterocycles. The first-order valence-electron chi connectivity index (χ1n) is 6.63. The van der Waals surface area contributed by atoms with E-state index in [9.17, 15) is 8.94 Å². The Bertz CT molecular complexity index is 660. The Morgan fingerprint density at radius 2 is 2.05 bits per heavy atom. The Labute approximate surface area is 132 Å². The number of hydrogen-bond acceptors (Lipinski definition) is 3. The van der Waals surface area contributed by atoms with Crippen molar-refractivity contribution in [2.24, 2.45) is 0 Å². The fourth-order valence-corrected chi connectivity index (χ4v) is 2.97. The summed E-state index contributed by atoms with van der Waals surface area (Å²) in [6.45, 7) is 7.52. The van der Waals surface area contributed by atoms with Crippen LogP contribution in [0.3, 0.4) is 0 Å². The molecule has 6 heteroatoms. The molecule has 1 N–H and O–H groups in total. The number of halogens is 2. The van der Waals surface area contributed by atoms with Gasteiger partial charge in [0.2, 0.25) is 0 Å². The van der Waals surface area contributed by atoms with E-state index in [1.807, 2.05) is 27.7 Å². The summed E-state index contributed by atoms with van der Waals surface area (Å²) in [7, 11) is 0. The molecule has 2 unspecified atom stereocenters. The molecule has 3 nitrogen and oxygen atoms in total. The third-order valence-corrected chi connectivity index (χ3v) is 5.07. The molecule has 0 radical (unpaired) electrons. The minimum atomic E-state index is -1.22. The van der Waals surface area contributed by atoms with Gasteiger partial charge >= 0.3 is 0 Å². The van der Waals surface area contributed by atoms with Crippen LogP contribution >= 0.6 is 11.6 Å². The van der Waals surface area contributed by atoms with Crippen molar-refractivity contribution < 1.29 is 8.94 Å². The first-order chi connectivity index (χ1) is 9.70. The topological polar surface area (TPSA) is 48.0 Å². The highest BCUT2D eigenvalue weighted by Crippen LogP contribution is 2.28. The van der Waals surface area contributed by atoms with Crippen molar-refractivity contribution in [2.75, 3.05) is 0 Å². The van der Waals surface area contributed by atoms with Crippen LogP contribution < -0.4 is 4.72 Å². The van der Waals surface area contributed by atoms with Crippen LogP contribution in [0.5, 0.6) is 0 Å². The summed E-state index contributed by atoms with van der Waals surface area (Å²) in [6, 6.07) is 6.28. The Morgan fingerprint density at radius 1 is 1.38 bits per heavy atom. The molecular formula is C15H18ClFN2OS. The summed E-state index contributed by atoms with van der Waals surface area (Å²) >= 11 is 4.93. The van der Waals surface area contributed by atoms with Gasteiger partial charge in [0.05, 0.1) is 6.04 Å². The summed E-state index contributed by atoms with van der Waals surface area (Å²) in [6.07, 6.45) is 0. The zero-order chi connectivity index (χ0) is 15.8. The van der Waals surface area contributed by atoms with E-state index in [0.717, 1.165) is 0 Å². The average Bonchev–Trinajstić information content (AvgIpc) is 2.38. The minimum absolute atomic E-state index is 0.221. The van der Waals surface area contributed by atoms with Crippen LogP contribution in [0.15, 0.2) is 24.3 Å². The van der Waals surface area contributed by atoms with Gasteiger partial charge in [-0.05, 0) is 39.8 Å². The van der Waals surface area contributed by atoms with Gasteiger partial charge in [-0.25, -0.2) is 9.37 Å². The molecule has 0 fully saturated rings. The lowest BCUT2D eigenvalue weighted by Gasteiger charge is -2.26. The second-order valence-corrected chi connectivity index (χ2v) is 8.26. The van der Waals surface area contributed by atoms with Gasteiger partial charge in [0.1, 0.15) is 21.2 Å². The van der Waals surface area contributed by atoms with Gasteiger partial charge in [0.25, 0.3) is 0 Å². The lowest BCUT2D eigenvalue weighted by Crippen LogP contribution is -2.40. The molecule has 114 valence electrons. The molecule has 0 bridgehead atoms. The number of benzene rings is 1. The second kappa shape index (κ2) is 6.08. The Kier molecular flexibility index (Phi) is 4.78. The van der Waals surface area contributed by atoms with Crippen LogP contribution in [0, 0.1) is 5.82 Å². The number of hydrogen-bond donors (Lipinski definition) is 1. The molecule has 0 aliphatic rings. The van der Waals surface area contributed by atoms with Crippen LogP contribution in [0.2, 0.25) is 5.15 Å². The molecule has 1 aromatic heterocycles. The maximum atomic E-state index is 13.7. The van der Waals surface area contributed by atoms with E-state index in [0.29, 0.717) is 10.9 Å². The predicted molar refractivity (Wildman–Crippen MR) is 86.2 cm³/mol. The Balaban J connectivity index is 2.36. The zero-order valence-corrected chi connectivity index (χ0v) is 14.0. The highest BCUT2D eigenvalue weighted by molar-refractivity contribution is 7.90. The first-order valence-corrected chi connectivity index (χ1v) is 8.15. The second-order valence-electron chi connectivity index (χ2n) is 5.90. The number of nitrogens with zero attached hydrogens (tertiary/aromatic N) is 1. The van der Waals surface area contributed by atoms with Gasteiger partial charge < -0.3 is 4.55 Å². The monoisotopic (exact) mass is 328 g/mol. The number of nitrogens with one attached hydrogen (secondary N) is 1. The van der Waals surface area contributed by atoms with Gasteiger partial charge in [-0.15, -0.1) is 4.72 Å². The third kappa shape index (κ3) is 3.66. The maximum Gasteiger partial charge on any atom is 0.149 e. The van der Waals surface area contributed by atoms with Crippen molar-refractivity contribution in [3.63, 3.8) is 0 Å². The largest absolute Gasteiger partial charge is 0.598 e. The van der Waals surface area contributed by atoms with Gasteiger partial charge in [-0.2, -0.15) is 0 Å². The summed E-state index contributed by atoms with van der Waals surface area (Å²) < 4.78 is 28.5. The van der Waals surface area contributed by atoms with Crippen LogP contribution in [0.25, 0.3) is 10.9 Å². The number of aromatic nitrogens is 1. The van der Waals surface area contributed by atoms with Crippen LogP contribution in [0.1, 0.15) is 39.3 Å². The molecule has 0 spiro atoms. The lowest BCUT2D eigenvalue weighted by molar-refractivity contribution is 0.531. The SMILES string of the molecule is CC(N[S+]([O-])C(C)(C)C)c1cc2cccc(F)c2nc1Cl. The van der Waals surface area contributed by atoms with Gasteiger partial charge in [-0.3, -0.25) is 0 Å². The van der Waals surface area contributed by atoms with E-state index in [-0.39, 0.29) is 21.5 Å². The molecule has 0 saturated carbocycles. The Hall–Kier alpha value is -0.880. The van der Waals surface area contributed by atoms with E-state index in [2.05, 4.69) is 9.71 Å². The van der Waals surface area contributed by atoms with Crippen molar-refractivity contribution in [3.05, 3.63) is 40.8 Å². The van der Waals surface area contributed by atoms with Crippen LogP contribution in [0.4, 0.5) is 4.39 Å². The van der Waals surface area contributed by atoms with Gasteiger partial charge in [0, 0.05) is 22.3 Å². The van der Waals surface area contributed by atoms with Crippen molar-refractivity contribution >= 4 is 33.9 Å². The molecular weight excluding hydrogens is 311 g/mol. The molecule has 2 rings (SSSR count). The zero-order valence-electron chi connectivity index (χ0n) is 12.4. The quantitative estimate of drug-likeness (QED) is 0.680. The number of fused-ring (bicyclic) bond motifs is 1. The third-order valence-electron chi connectivity index (χ3n) is 3.08. The lowest BCUT2D eigenvalue weighted by atomic mass is 10.1. The summed E-state index contributed by atoms with van der Waals surface area (Å²) in [5, 5.41) is 0.892. The van der Waals surface area contributed by atoms with Crippen LogP contribution in [-0.2, 0) is 11.4 Å². The smallest absolute Gasteiger partial charge is 0.149 e. The van der Waals surface area contributed by atoms with Gasteiger partial charge in [-0.1, -0.05) is 23.7 Å². The molecule has 1 aromatic carbocycles. The first kappa shape index (κ1) is 16.5. The molecule has 2 aromatic rings. The van der Waals surface area contributed by atoms with Gasteiger partial charge in [0.15, 0.2) is 0 Å². The van der Waals surface area contributed by atoms with Crippen molar-refractivity contribution in [1.82, 2.24) is 9.71 Å². The van der Waals surface area contributed by atoms with Crippen LogP contribution in [-0.4, -0.2) is 14.3 Å². The van der Waals surface area contributed by atoms with E-state index in [1.54, 1.807) is 18.2 Å². The molecule has 0 aliphatic heterocycles. The fraction of sp³-hybridized carbons (Fsp3) is 0.400. The maximum absolute atomic E-state index is 13.7. The number of para-hydroxylation sites is 1. The predicted octanol–water partition coefficient (Wildman–Crippen LogP) is 4.14. The summed E-state index contributed by atoms with van der Waals surface area (Å²) in [5.74, 6) is -0.403. The summed E-state index contributed by atoms with van der Waals surface area (Å²) in [4.78, 5) is 4.12. The molecule has 2 atom stereocenters. The highest BCUT2D eigenvalue weighted by atomic mass is 35.5. The fourth-order valence-electron chi connectivity index (χ4n) is 1.86. The molecule has 0 aliphatic carbocycles. The van der Waals surface area contributed by atoms with E-state index >= 15 is 0 Å². The number of rotatable bonds is 3. The standard InChI is InChI=1S/C15H18ClFN2OS/c1-9(19-21(20)15(2,3)4)11-8-10-6-5-7-12(17)13(10)18-14(11)16/h5-9,19H,1-4H3. The van der Waals surface area contributed by atoms with E-state index < -0.39 is 17.2 Å². The average molecular weight is 329 g/mol. The molecule has 0 amide bonds.